The summed E-state index contributed by atoms with van der Waals surface area (Å²) in [5.41, 5.74) is 0. The van der Waals surface area contributed by atoms with Crippen LogP contribution in [0.25, 0.3) is 0 Å². The van der Waals surface area contributed by atoms with Gasteiger partial charge in [0, 0.05) is 17.2 Å². The lowest BCUT2D eigenvalue weighted by Gasteiger charge is -2.43. The average molecular weight is 309 g/mol. The predicted molar refractivity (Wildman–Crippen MR) is 89.6 cm³/mol. The zero-order chi connectivity index (χ0) is 14.2. The first kappa shape index (κ1) is 18.7. The fourth-order valence-corrected chi connectivity index (χ4v) is 9.07. The summed E-state index contributed by atoms with van der Waals surface area (Å²) in [6, 6.07) is 0. The Bertz CT molecular complexity index is 214. The lowest BCUT2D eigenvalue weighted by Crippen LogP contribution is -2.61. The Labute approximate surface area is 122 Å². The molecule has 0 radical (unpaired) electrons. The van der Waals surface area contributed by atoms with E-state index < -0.39 is 17.4 Å². The van der Waals surface area contributed by atoms with Crippen molar-refractivity contribution in [2.45, 2.75) is 70.1 Å². The molecule has 0 unspecified atom stereocenters. The fourth-order valence-electron chi connectivity index (χ4n) is 2.00. The molecule has 0 aromatic rings. The van der Waals surface area contributed by atoms with Gasteiger partial charge in [0.2, 0.25) is 0 Å². The van der Waals surface area contributed by atoms with Gasteiger partial charge in [-0.05, 0) is 19.3 Å². The van der Waals surface area contributed by atoms with Gasteiger partial charge in [-0.25, -0.2) is 0 Å². The van der Waals surface area contributed by atoms with Crippen LogP contribution in [0.1, 0.15) is 46.5 Å². The van der Waals surface area contributed by atoms with Crippen LogP contribution in [-0.4, -0.2) is 34.6 Å². The summed E-state index contributed by atoms with van der Waals surface area (Å²) in [5, 5.41) is 0. The van der Waals surface area contributed by atoms with E-state index in [1.807, 2.05) is 0 Å². The second-order valence-electron chi connectivity index (χ2n) is 6.00. The van der Waals surface area contributed by atoms with E-state index in [9.17, 15) is 0 Å². The summed E-state index contributed by atoms with van der Waals surface area (Å²) in [6.07, 6.45) is 4.39. The van der Waals surface area contributed by atoms with Crippen LogP contribution in [0.2, 0.25) is 19.6 Å². The molecule has 18 heavy (non-hydrogen) atoms. The van der Waals surface area contributed by atoms with Crippen molar-refractivity contribution in [3.05, 3.63) is 0 Å². The molecule has 0 fully saturated rings. The van der Waals surface area contributed by atoms with E-state index in [-0.39, 0.29) is 3.99 Å². The van der Waals surface area contributed by atoms with Crippen molar-refractivity contribution in [1.29, 1.82) is 0 Å². The van der Waals surface area contributed by atoms with Crippen LogP contribution in [0.5, 0.6) is 0 Å². The smallest absolute Gasteiger partial charge is 0.334 e. The number of hydrogen-bond acceptors (Lipinski definition) is 3. The van der Waals surface area contributed by atoms with E-state index in [4.69, 9.17) is 21.5 Å². The molecule has 1 atom stereocenters. The predicted octanol–water partition coefficient (Wildman–Crippen LogP) is 3.95. The molecule has 0 aromatic carbocycles. The van der Waals surface area contributed by atoms with E-state index >= 15 is 0 Å². The normalized spacial score (nSPS) is 16.0. The van der Waals surface area contributed by atoms with Crippen LogP contribution < -0.4 is 0 Å². The molecule has 0 N–H and O–H groups in total. The highest BCUT2D eigenvalue weighted by Crippen LogP contribution is 2.36. The lowest BCUT2D eigenvalue weighted by atomic mass is 10.4. The summed E-state index contributed by atoms with van der Waals surface area (Å²) >= 11 is 5.09. The Morgan fingerprint density at radius 1 is 0.944 bits per heavy atom. The molecule has 0 bridgehead atoms. The van der Waals surface area contributed by atoms with E-state index in [1.165, 1.54) is 0 Å². The molecule has 0 heterocycles. The molecule has 0 aliphatic carbocycles. The molecule has 0 saturated heterocycles. The molecular weight excluding hydrogens is 276 g/mol. The van der Waals surface area contributed by atoms with Gasteiger partial charge in [0.25, 0.3) is 0 Å². The highest BCUT2D eigenvalue weighted by atomic mass is 32.1. The second-order valence-corrected chi connectivity index (χ2v) is 16.0. The second kappa shape index (κ2) is 8.79. The Balaban J connectivity index is 4.94. The topological polar surface area (TPSA) is 18.5 Å². The third kappa shape index (κ3) is 5.37. The molecule has 0 spiro atoms. The van der Waals surface area contributed by atoms with Crippen molar-refractivity contribution in [2.75, 3.05) is 13.2 Å². The van der Waals surface area contributed by atoms with Gasteiger partial charge in [0.1, 0.15) is 0 Å². The zero-order valence-corrected chi connectivity index (χ0v) is 16.1. The van der Waals surface area contributed by atoms with E-state index in [0.717, 1.165) is 38.9 Å². The number of rotatable bonds is 10. The molecule has 0 rings (SSSR count). The third-order valence-electron chi connectivity index (χ3n) is 3.27. The van der Waals surface area contributed by atoms with E-state index in [0.29, 0.717) is 0 Å². The van der Waals surface area contributed by atoms with Crippen LogP contribution in [0, 0.1) is 0 Å². The molecule has 0 aromatic heterocycles. The van der Waals surface area contributed by atoms with Gasteiger partial charge >= 0.3 is 9.28 Å². The van der Waals surface area contributed by atoms with Gasteiger partial charge < -0.3 is 8.85 Å². The quantitative estimate of drug-likeness (QED) is 0.487. The molecule has 0 aliphatic rings. The van der Waals surface area contributed by atoms with Crippen molar-refractivity contribution in [1.82, 2.24) is 0 Å². The van der Waals surface area contributed by atoms with Gasteiger partial charge in [-0.1, -0.05) is 46.8 Å². The van der Waals surface area contributed by atoms with Gasteiger partial charge in [0.15, 0.2) is 0 Å². The minimum atomic E-state index is -1.72. The van der Waals surface area contributed by atoms with Gasteiger partial charge in [-0.3, -0.25) is 0 Å². The average Bonchev–Trinajstić information content (AvgIpc) is 2.28. The third-order valence-corrected chi connectivity index (χ3v) is 14.4. The first-order chi connectivity index (χ1) is 8.33. The van der Waals surface area contributed by atoms with E-state index in [1.54, 1.807) is 0 Å². The Kier molecular flexibility index (Phi) is 9.14. The molecule has 0 amide bonds. The molecular formula is C13H32O2SSi2. The number of thiol groups is 1. The fraction of sp³-hybridized carbons (Fsp3) is 1.00. The largest absolute Gasteiger partial charge is 0.396 e. The van der Waals surface area contributed by atoms with Crippen LogP contribution in [0.3, 0.4) is 0 Å². The minimum Gasteiger partial charge on any atom is -0.396 e. The van der Waals surface area contributed by atoms with Crippen LogP contribution >= 0.6 is 12.6 Å². The Morgan fingerprint density at radius 3 is 1.67 bits per heavy atom. The summed E-state index contributed by atoms with van der Waals surface area (Å²) in [4.78, 5) is 0. The highest BCUT2D eigenvalue weighted by molar-refractivity contribution is 7.86. The van der Waals surface area contributed by atoms with Crippen molar-refractivity contribution in [3.8, 4) is 0 Å². The standard InChI is InChI=1S/C13H32O2SSi2/c1-7-10-13(16,18(4,5)6)17(14-11-8-2)15-12-9-3/h16-17H,7-12H2,1-6H3/t13-/m1/s1. The zero-order valence-electron chi connectivity index (χ0n) is 13.1. The Hall–Kier alpha value is 0.704. The summed E-state index contributed by atoms with van der Waals surface area (Å²) in [5.74, 6) is 0. The summed E-state index contributed by atoms with van der Waals surface area (Å²) in [7, 11) is -3.13. The summed E-state index contributed by atoms with van der Waals surface area (Å²) < 4.78 is 12.3. The number of hydrogen-bond donors (Lipinski definition) is 1. The highest BCUT2D eigenvalue weighted by Gasteiger charge is 2.49. The van der Waals surface area contributed by atoms with Crippen molar-refractivity contribution >= 4 is 30.0 Å². The van der Waals surface area contributed by atoms with Gasteiger partial charge in [-0.2, -0.15) is 12.6 Å². The summed E-state index contributed by atoms with van der Waals surface area (Å²) in [6.45, 7) is 15.3. The van der Waals surface area contributed by atoms with E-state index in [2.05, 4.69) is 40.4 Å². The maximum absolute atomic E-state index is 6.11. The first-order valence-corrected chi connectivity index (χ1v) is 12.8. The van der Waals surface area contributed by atoms with Crippen molar-refractivity contribution < 1.29 is 8.85 Å². The SMILES string of the molecule is CCCO[SiH](OCCC)[C@](S)(CCC)[Si](C)(C)C. The molecule has 5 heteroatoms. The van der Waals surface area contributed by atoms with Crippen LogP contribution in [-0.2, 0) is 8.85 Å². The van der Waals surface area contributed by atoms with Crippen molar-refractivity contribution in [2.24, 2.45) is 0 Å². The van der Waals surface area contributed by atoms with Gasteiger partial charge in [0.05, 0.1) is 8.07 Å². The molecule has 0 saturated carbocycles. The molecule has 0 aliphatic heterocycles. The Morgan fingerprint density at radius 2 is 1.39 bits per heavy atom. The van der Waals surface area contributed by atoms with Crippen LogP contribution in [0.4, 0.5) is 0 Å². The molecule has 2 nitrogen and oxygen atoms in total. The van der Waals surface area contributed by atoms with Crippen molar-refractivity contribution in [3.63, 3.8) is 0 Å². The van der Waals surface area contributed by atoms with Gasteiger partial charge in [-0.15, -0.1) is 0 Å². The van der Waals surface area contributed by atoms with Crippen LogP contribution in [0.15, 0.2) is 0 Å². The maximum Gasteiger partial charge on any atom is 0.334 e. The monoisotopic (exact) mass is 308 g/mol. The minimum absolute atomic E-state index is 0.0338. The maximum atomic E-state index is 6.11. The lowest BCUT2D eigenvalue weighted by molar-refractivity contribution is 0.190. The first-order valence-electron chi connectivity index (χ1n) is 7.29. The molecule has 110 valence electrons.